The third-order valence-electron chi connectivity index (χ3n) is 2.63. The average molecular weight is 267 g/mol. The maximum absolute atomic E-state index is 12.3. The molecule has 0 unspecified atom stereocenters. The van der Waals surface area contributed by atoms with Gasteiger partial charge in [0.25, 0.3) is 0 Å². The van der Waals surface area contributed by atoms with Gasteiger partial charge in [-0.1, -0.05) is 29.8 Å². The van der Waals surface area contributed by atoms with E-state index < -0.39 is 0 Å². The Bertz CT molecular complexity index is 739. The van der Waals surface area contributed by atoms with Crippen LogP contribution in [-0.2, 0) is 0 Å². The topological polar surface area (TPSA) is 64.7 Å². The summed E-state index contributed by atoms with van der Waals surface area (Å²) in [5.74, 6) is -0.323. The number of hydrogen-bond acceptors (Lipinski definition) is 3. The standard InChI is InChI=1S/C15H7ClN2O/c16-12-5-1-3-10(7-12)15(19)13-6-2-4-11(8-17)14(13)9-18/h1-7H. The van der Waals surface area contributed by atoms with Crippen LogP contribution in [0, 0.1) is 22.7 Å². The van der Waals surface area contributed by atoms with Crippen molar-refractivity contribution < 1.29 is 4.79 Å². The Kier molecular flexibility index (Phi) is 3.61. The molecule has 0 saturated heterocycles. The number of nitriles is 2. The maximum atomic E-state index is 12.3. The molecule has 0 amide bonds. The third kappa shape index (κ3) is 2.47. The number of ketones is 1. The molecule has 0 N–H and O–H groups in total. The van der Waals surface area contributed by atoms with E-state index in [0.29, 0.717) is 10.6 Å². The van der Waals surface area contributed by atoms with Crippen LogP contribution in [0.2, 0.25) is 5.02 Å². The van der Waals surface area contributed by atoms with Gasteiger partial charge >= 0.3 is 0 Å². The van der Waals surface area contributed by atoms with Crippen LogP contribution in [0.15, 0.2) is 42.5 Å². The van der Waals surface area contributed by atoms with Crippen molar-refractivity contribution in [2.45, 2.75) is 0 Å². The summed E-state index contributed by atoms with van der Waals surface area (Å²) in [6.07, 6.45) is 0. The van der Waals surface area contributed by atoms with Gasteiger partial charge in [0, 0.05) is 16.1 Å². The van der Waals surface area contributed by atoms with Crippen molar-refractivity contribution >= 4 is 17.4 Å². The van der Waals surface area contributed by atoms with E-state index in [1.807, 2.05) is 12.1 Å². The van der Waals surface area contributed by atoms with E-state index in [9.17, 15) is 4.79 Å². The second-order valence-electron chi connectivity index (χ2n) is 3.79. The van der Waals surface area contributed by atoms with Crippen LogP contribution < -0.4 is 0 Å². The predicted molar refractivity (Wildman–Crippen MR) is 70.8 cm³/mol. The number of nitrogens with zero attached hydrogens (tertiary/aromatic N) is 2. The quantitative estimate of drug-likeness (QED) is 0.783. The molecule has 90 valence electrons. The molecule has 0 heterocycles. The first kappa shape index (κ1) is 12.8. The summed E-state index contributed by atoms with van der Waals surface area (Å²) in [7, 11) is 0. The van der Waals surface area contributed by atoms with Gasteiger partial charge in [-0.25, -0.2) is 0 Å². The summed E-state index contributed by atoms with van der Waals surface area (Å²) in [5, 5.41) is 18.5. The SMILES string of the molecule is N#Cc1cccc(C(=O)c2cccc(Cl)c2)c1C#N. The first-order valence-electron chi connectivity index (χ1n) is 5.41. The van der Waals surface area contributed by atoms with Crippen LogP contribution in [0.5, 0.6) is 0 Å². The number of carbonyl (C=O) groups is 1. The normalized spacial score (nSPS) is 9.42. The van der Waals surface area contributed by atoms with E-state index >= 15 is 0 Å². The summed E-state index contributed by atoms with van der Waals surface area (Å²) < 4.78 is 0. The molecule has 2 rings (SSSR count). The maximum Gasteiger partial charge on any atom is 0.194 e. The van der Waals surface area contributed by atoms with Crippen molar-refractivity contribution in [1.82, 2.24) is 0 Å². The second-order valence-corrected chi connectivity index (χ2v) is 4.23. The van der Waals surface area contributed by atoms with Gasteiger partial charge in [0.15, 0.2) is 5.78 Å². The first-order chi connectivity index (χ1) is 9.17. The largest absolute Gasteiger partial charge is 0.289 e. The minimum atomic E-state index is -0.323. The molecule has 0 bridgehead atoms. The molecule has 19 heavy (non-hydrogen) atoms. The molecule has 0 saturated carbocycles. The van der Waals surface area contributed by atoms with Crippen LogP contribution in [0.25, 0.3) is 0 Å². The van der Waals surface area contributed by atoms with Crippen molar-refractivity contribution in [3.05, 3.63) is 69.7 Å². The Morgan fingerprint density at radius 1 is 1.05 bits per heavy atom. The summed E-state index contributed by atoms with van der Waals surface area (Å²) in [6, 6.07) is 14.9. The molecule has 4 heteroatoms. The lowest BCUT2D eigenvalue weighted by Crippen LogP contribution is -2.05. The predicted octanol–water partition coefficient (Wildman–Crippen LogP) is 3.31. The van der Waals surface area contributed by atoms with E-state index in [0.717, 1.165) is 0 Å². The van der Waals surface area contributed by atoms with Gasteiger partial charge < -0.3 is 0 Å². The van der Waals surface area contributed by atoms with Crippen LogP contribution >= 0.6 is 11.6 Å². The zero-order chi connectivity index (χ0) is 13.8. The summed E-state index contributed by atoms with van der Waals surface area (Å²) in [4.78, 5) is 12.3. The minimum Gasteiger partial charge on any atom is -0.289 e. The fourth-order valence-corrected chi connectivity index (χ4v) is 1.93. The number of carbonyl (C=O) groups excluding carboxylic acids is 1. The number of halogens is 1. The van der Waals surface area contributed by atoms with Crippen LogP contribution in [-0.4, -0.2) is 5.78 Å². The molecule has 2 aromatic rings. The fourth-order valence-electron chi connectivity index (χ4n) is 1.74. The summed E-state index contributed by atoms with van der Waals surface area (Å²) >= 11 is 5.84. The molecule has 0 aliphatic heterocycles. The highest BCUT2D eigenvalue weighted by atomic mass is 35.5. The Hall–Kier alpha value is -2.62. The zero-order valence-electron chi connectivity index (χ0n) is 9.72. The Morgan fingerprint density at radius 2 is 1.79 bits per heavy atom. The highest BCUT2D eigenvalue weighted by Crippen LogP contribution is 2.19. The van der Waals surface area contributed by atoms with E-state index in [1.54, 1.807) is 24.3 Å². The molecular weight excluding hydrogens is 260 g/mol. The Labute approximate surface area is 115 Å². The molecule has 2 aromatic carbocycles. The van der Waals surface area contributed by atoms with E-state index in [1.165, 1.54) is 18.2 Å². The van der Waals surface area contributed by atoms with E-state index in [-0.39, 0.29) is 22.5 Å². The Balaban J connectivity index is 2.58. The van der Waals surface area contributed by atoms with Gasteiger partial charge in [-0.2, -0.15) is 10.5 Å². The zero-order valence-corrected chi connectivity index (χ0v) is 10.5. The number of hydrogen-bond donors (Lipinski definition) is 0. The van der Waals surface area contributed by atoms with Crippen LogP contribution in [0.1, 0.15) is 27.0 Å². The molecule has 0 fully saturated rings. The molecule has 0 radical (unpaired) electrons. The minimum absolute atomic E-state index is 0.0926. The van der Waals surface area contributed by atoms with Crippen molar-refractivity contribution in [3.63, 3.8) is 0 Å². The van der Waals surface area contributed by atoms with Crippen molar-refractivity contribution in [1.29, 1.82) is 10.5 Å². The van der Waals surface area contributed by atoms with Gasteiger partial charge in [-0.05, 0) is 24.3 Å². The Morgan fingerprint density at radius 3 is 2.42 bits per heavy atom. The molecule has 0 aromatic heterocycles. The average Bonchev–Trinajstić information content (AvgIpc) is 2.45. The monoisotopic (exact) mass is 266 g/mol. The fraction of sp³-hybridized carbons (Fsp3) is 0. The van der Waals surface area contributed by atoms with Gasteiger partial charge in [-0.3, -0.25) is 4.79 Å². The first-order valence-corrected chi connectivity index (χ1v) is 5.78. The highest BCUT2D eigenvalue weighted by Gasteiger charge is 2.16. The van der Waals surface area contributed by atoms with Gasteiger partial charge in [-0.15, -0.1) is 0 Å². The van der Waals surface area contributed by atoms with Gasteiger partial charge in [0.05, 0.1) is 11.1 Å². The van der Waals surface area contributed by atoms with Crippen molar-refractivity contribution in [2.75, 3.05) is 0 Å². The van der Waals surface area contributed by atoms with Gasteiger partial charge in [0.1, 0.15) is 12.1 Å². The lowest BCUT2D eigenvalue weighted by atomic mass is 9.96. The lowest BCUT2D eigenvalue weighted by Gasteiger charge is -2.05. The summed E-state index contributed by atoms with van der Waals surface area (Å²) in [5.41, 5.74) is 0.883. The molecular formula is C15H7ClN2O. The molecule has 0 spiro atoms. The molecule has 0 aliphatic rings. The van der Waals surface area contributed by atoms with Crippen molar-refractivity contribution in [3.8, 4) is 12.1 Å². The third-order valence-corrected chi connectivity index (χ3v) is 2.86. The van der Waals surface area contributed by atoms with E-state index in [2.05, 4.69) is 0 Å². The van der Waals surface area contributed by atoms with Gasteiger partial charge in [0.2, 0.25) is 0 Å². The molecule has 3 nitrogen and oxygen atoms in total. The van der Waals surface area contributed by atoms with Crippen LogP contribution in [0.4, 0.5) is 0 Å². The lowest BCUT2D eigenvalue weighted by molar-refractivity contribution is 0.103. The van der Waals surface area contributed by atoms with Crippen LogP contribution in [0.3, 0.4) is 0 Å². The van der Waals surface area contributed by atoms with Crippen molar-refractivity contribution in [2.24, 2.45) is 0 Å². The second kappa shape index (κ2) is 5.35. The molecule has 0 atom stereocenters. The molecule has 0 aliphatic carbocycles. The van der Waals surface area contributed by atoms with E-state index in [4.69, 9.17) is 22.1 Å². The smallest absolute Gasteiger partial charge is 0.194 e. The summed E-state index contributed by atoms with van der Waals surface area (Å²) in [6.45, 7) is 0. The highest BCUT2D eigenvalue weighted by molar-refractivity contribution is 6.31. The number of rotatable bonds is 2. The number of benzene rings is 2.